The fourth-order valence-electron chi connectivity index (χ4n) is 3.02. The average Bonchev–Trinajstić information content (AvgIpc) is 2.58. The Kier molecular flexibility index (Phi) is 4.42. The van der Waals surface area contributed by atoms with Crippen molar-refractivity contribution in [3.05, 3.63) is 40.8 Å². The van der Waals surface area contributed by atoms with E-state index >= 15 is 0 Å². The summed E-state index contributed by atoms with van der Waals surface area (Å²) in [4.78, 5) is 23.4. The van der Waals surface area contributed by atoms with Crippen molar-refractivity contribution in [3.8, 4) is 0 Å². The molecule has 2 aromatic rings. The van der Waals surface area contributed by atoms with Gasteiger partial charge in [0.2, 0.25) is 10.0 Å². The van der Waals surface area contributed by atoms with Gasteiger partial charge in [0.15, 0.2) is 0 Å². The van der Waals surface area contributed by atoms with E-state index < -0.39 is 28.1 Å². The van der Waals surface area contributed by atoms with Gasteiger partial charge in [0.1, 0.15) is 11.4 Å². The summed E-state index contributed by atoms with van der Waals surface area (Å²) < 4.78 is 28.4. The van der Waals surface area contributed by atoms with Gasteiger partial charge in [-0.2, -0.15) is 4.31 Å². The van der Waals surface area contributed by atoms with Crippen LogP contribution in [0.4, 0.5) is 0 Å². The molecule has 0 bridgehead atoms. The Balaban J connectivity index is 2.24. The van der Waals surface area contributed by atoms with Crippen LogP contribution in [0.3, 0.4) is 0 Å². The van der Waals surface area contributed by atoms with Gasteiger partial charge >= 0.3 is 5.97 Å². The number of rotatable bonds is 4. The van der Waals surface area contributed by atoms with Crippen molar-refractivity contribution in [2.24, 2.45) is 0 Å². The molecule has 1 fully saturated rings. The minimum atomic E-state index is -3.78. The number of fused-ring (bicyclic) bond motifs is 1. The van der Waals surface area contributed by atoms with E-state index in [1.807, 2.05) is 0 Å². The summed E-state index contributed by atoms with van der Waals surface area (Å²) in [6, 6.07) is 6.40. The predicted octanol–water partition coefficient (Wildman–Crippen LogP) is 1.26. The molecule has 0 radical (unpaired) electrons. The number of carboxylic acids is 1. The number of aromatic nitrogens is 1. The molecule has 0 amide bonds. The smallest absolute Gasteiger partial charge is 0.323 e. The van der Waals surface area contributed by atoms with Crippen molar-refractivity contribution in [1.82, 2.24) is 8.87 Å². The van der Waals surface area contributed by atoms with E-state index in [2.05, 4.69) is 0 Å². The van der Waals surface area contributed by atoms with Crippen LogP contribution < -0.4 is 5.56 Å². The minimum absolute atomic E-state index is 0.0131. The first-order valence-corrected chi connectivity index (χ1v) is 9.19. The summed E-state index contributed by atoms with van der Waals surface area (Å²) in [7, 11) is -3.78. The number of hydrogen-bond acceptors (Lipinski definition) is 4. The molecule has 3 rings (SSSR count). The molecule has 7 nitrogen and oxygen atoms in total. The molecule has 0 unspecified atom stereocenters. The fourth-order valence-corrected chi connectivity index (χ4v) is 4.76. The first kappa shape index (κ1) is 16.7. The molecular weight excluding hydrogens is 332 g/mol. The first-order valence-electron chi connectivity index (χ1n) is 7.75. The zero-order valence-electron chi connectivity index (χ0n) is 13.0. The van der Waals surface area contributed by atoms with Gasteiger partial charge in [-0.25, -0.2) is 8.42 Å². The Hall–Kier alpha value is -2.19. The molecule has 1 aromatic heterocycles. The number of sulfonamides is 1. The molecule has 24 heavy (non-hydrogen) atoms. The number of benzene rings is 1. The van der Waals surface area contributed by atoms with E-state index in [0.717, 1.165) is 30.0 Å². The van der Waals surface area contributed by atoms with Gasteiger partial charge in [0, 0.05) is 30.1 Å². The van der Waals surface area contributed by atoms with Crippen LogP contribution in [-0.2, 0) is 21.4 Å². The monoisotopic (exact) mass is 350 g/mol. The van der Waals surface area contributed by atoms with Gasteiger partial charge in [-0.1, -0.05) is 24.6 Å². The molecule has 0 saturated carbocycles. The molecule has 0 aliphatic carbocycles. The maximum Gasteiger partial charge on any atom is 0.323 e. The van der Waals surface area contributed by atoms with Gasteiger partial charge in [0.25, 0.3) is 5.56 Å². The highest BCUT2D eigenvalue weighted by molar-refractivity contribution is 7.89. The molecule has 1 aliphatic heterocycles. The normalized spacial score (nSPS) is 16.3. The standard InChI is InChI=1S/C16H18N2O5S/c19-15(20)11-17-10-14(12-6-2-3-7-13(12)16(17)21)24(22,23)18-8-4-1-5-9-18/h2-3,6-7,10H,1,4-5,8-9,11H2,(H,19,20). The molecule has 1 aromatic carbocycles. The van der Waals surface area contributed by atoms with Crippen molar-refractivity contribution >= 4 is 26.8 Å². The zero-order chi connectivity index (χ0) is 17.3. The van der Waals surface area contributed by atoms with E-state index in [1.54, 1.807) is 18.2 Å². The average molecular weight is 350 g/mol. The summed E-state index contributed by atoms with van der Waals surface area (Å²) in [5.74, 6) is -1.20. The van der Waals surface area contributed by atoms with Crippen molar-refractivity contribution in [2.45, 2.75) is 30.7 Å². The maximum absolute atomic E-state index is 13.0. The Morgan fingerprint density at radius 2 is 1.71 bits per heavy atom. The lowest BCUT2D eigenvalue weighted by molar-refractivity contribution is -0.137. The van der Waals surface area contributed by atoms with E-state index in [1.165, 1.54) is 10.4 Å². The summed E-state index contributed by atoms with van der Waals surface area (Å²) in [6.45, 7) is 0.301. The van der Waals surface area contributed by atoms with E-state index in [9.17, 15) is 18.0 Å². The summed E-state index contributed by atoms with van der Waals surface area (Å²) in [6.07, 6.45) is 3.74. The van der Waals surface area contributed by atoms with Gasteiger partial charge in [-0.15, -0.1) is 0 Å². The number of piperidine rings is 1. The van der Waals surface area contributed by atoms with Crippen molar-refractivity contribution in [1.29, 1.82) is 0 Å². The van der Waals surface area contributed by atoms with Gasteiger partial charge in [-0.05, 0) is 18.9 Å². The highest BCUT2D eigenvalue weighted by atomic mass is 32.2. The largest absolute Gasteiger partial charge is 0.480 e. The van der Waals surface area contributed by atoms with Crippen LogP contribution in [0.1, 0.15) is 19.3 Å². The summed E-state index contributed by atoms with van der Waals surface area (Å²) in [5, 5.41) is 9.52. The lowest BCUT2D eigenvalue weighted by Crippen LogP contribution is -2.36. The van der Waals surface area contributed by atoms with Crippen LogP contribution in [0.2, 0.25) is 0 Å². The number of aliphatic carboxylic acids is 1. The minimum Gasteiger partial charge on any atom is -0.480 e. The van der Waals surface area contributed by atoms with Crippen LogP contribution in [0, 0.1) is 0 Å². The summed E-state index contributed by atoms with van der Waals surface area (Å²) >= 11 is 0. The quantitative estimate of drug-likeness (QED) is 0.895. The Morgan fingerprint density at radius 3 is 2.33 bits per heavy atom. The van der Waals surface area contributed by atoms with E-state index in [-0.39, 0.29) is 10.3 Å². The van der Waals surface area contributed by atoms with Crippen molar-refractivity contribution in [2.75, 3.05) is 13.1 Å². The maximum atomic E-state index is 13.0. The highest BCUT2D eigenvalue weighted by Gasteiger charge is 2.29. The van der Waals surface area contributed by atoms with Crippen LogP contribution in [-0.4, -0.2) is 41.5 Å². The number of pyridine rings is 1. The summed E-state index contributed by atoms with van der Waals surface area (Å²) in [5.41, 5.74) is -0.509. The molecule has 1 N–H and O–H groups in total. The van der Waals surface area contributed by atoms with E-state index in [4.69, 9.17) is 5.11 Å². The topological polar surface area (TPSA) is 96.7 Å². The van der Waals surface area contributed by atoms with E-state index in [0.29, 0.717) is 18.5 Å². The third kappa shape index (κ3) is 2.94. The lowest BCUT2D eigenvalue weighted by Gasteiger charge is -2.26. The number of hydrogen-bond donors (Lipinski definition) is 1. The fraction of sp³-hybridized carbons (Fsp3) is 0.375. The van der Waals surface area contributed by atoms with Crippen LogP contribution in [0.25, 0.3) is 10.8 Å². The molecule has 2 heterocycles. The lowest BCUT2D eigenvalue weighted by atomic mass is 10.2. The molecule has 128 valence electrons. The highest BCUT2D eigenvalue weighted by Crippen LogP contribution is 2.26. The molecule has 0 spiro atoms. The second-order valence-corrected chi connectivity index (χ2v) is 7.74. The SMILES string of the molecule is O=C(O)Cn1cc(S(=O)(=O)N2CCCCC2)c2ccccc2c1=O. The third-order valence-electron chi connectivity index (χ3n) is 4.20. The Labute approximate surface area is 139 Å². The third-order valence-corrected chi connectivity index (χ3v) is 6.12. The first-order chi connectivity index (χ1) is 11.4. The number of nitrogens with zero attached hydrogens (tertiary/aromatic N) is 2. The Bertz CT molecular complexity index is 943. The molecule has 1 aliphatic rings. The number of carbonyl (C=O) groups is 1. The second-order valence-electron chi connectivity index (χ2n) is 5.83. The zero-order valence-corrected chi connectivity index (χ0v) is 13.8. The van der Waals surface area contributed by atoms with Crippen LogP contribution in [0.5, 0.6) is 0 Å². The van der Waals surface area contributed by atoms with Crippen molar-refractivity contribution in [3.63, 3.8) is 0 Å². The van der Waals surface area contributed by atoms with Crippen LogP contribution in [0.15, 0.2) is 40.2 Å². The van der Waals surface area contributed by atoms with Gasteiger partial charge in [-0.3, -0.25) is 9.59 Å². The second kappa shape index (κ2) is 6.37. The molecule has 8 heteroatoms. The number of carboxylic acid groups (broad SMARTS) is 1. The molecular formula is C16H18N2O5S. The predicted molar refractivity (Wildman–Crippen MR) is 88.5 cm³/mol. The Morgan fingerprint density at radius 1 is 1.08 bits per heavy atom. The van der Waals surface area contributed by atoms with Crippen molar-refractivity contribution < 1.29 is 18.3 Å². The van der Waals surface area contributed by atoms with Gasteiger partial charge < -0.3 is 9.67 Å². The van der Waals surface area contributed by atoms with Gasteiger partial charge in [0.05, 0.1) is 0 Å². The van der Waals surface area contributed by atoms with Crippen LogP contribution >= 0.6 is 0 Å². The molecule has 1 saturated heterocycles. The molecule has 0 atom stereocenters.